The standard InChI is InChI=1S/C28H31N5O6/c1-4-31(5-2)18-8-9-19-17(3)20(25(36)39-22(19)15-18)10-13-33-26(37)28(30-27(33)38)11-14-32(16-28)24(35)21-7-6-12-29-23(21)34/h6-9,12,15H,4-5,10-11,13-14,16H2,1-3H3,(H,29,34)(H,30,38). The number of imide groups is 1. The summed E-state index contributed by atoms with van der Waals surface area (Å²) in [6, 6.07) is 8.19. The fourth-order valence-electron chi connectivity index (χ4n) is 5.58. The number of nitrogens with one attached hydrogen (secondary N) is 2. The average molecular weight is 534 g/mol. The van der Waals surface area contributed by atoms with Gasteiger partial charge >= 0.3 is 11.7 Å². The van der Waals surface area contributed by atoms with Crippen LogP contribution >= 0.6 is 0 Å². The molecule has 39 heavy (non-hydrogen) atoms. The van der Waals surface area contributed by atoms with Gasteiger partial charge in [0.15, 0.2) is 0 Å². The van der Waals surface area contributed by atoms with Crippen molar-refractivity contribution in [1.82, 2.24) is 20.1 Å². The molecule has 3 aromatic rings. The molecule has 2 aromatic heterocycles. The van der Waals surface area contributed by atoms with Crippen LogP contribution in [0.4, 0.5) is 10.5 Å². The van der Waals surface area contributed by atoms with Crippen LogP contribution in [0.25, 0.3) is 11.0 Å². The molecule has 0 aliphatic carbocycles. The molecule has 11 nitrogen and oxygen atoms in total. The Morgan fingerprint density at radius 3 is 2.62 bits per heavy atom. The maximum atomic E-state index is 13.4. The summed E-state index contributed by atoms with van der Waals surface area (Å²) in [6.07, 6.45) is 1.81. The molecule has 1 spiro atoms. The molecule has 204 valence electrons. The van der Waals surface area contributed by atoms with Crippen molar-refractivity contribution in [2.75, 3.05) is 37.6 Å². The summed E-state index contributed by atoms with van der Waals surface area (Å²) < 4.78 is 5.65. The van der Waals surface area contributed by atoms with Crippen LogP contribution in [0.15, 0.2) is 50.5 Å². The van der Waals surface area contributed by atoms with Crippen molar-refractivity contribution in [3.63, 3.8) is 0 Å². The van der Waals surface area contributed by atoms with Crippen LogP contribution in [0.1, 0.15) is 41.8 Å². The molecule has 2 N–H and O–H groups in total. The Hall–Kier alpha value is -4.41. The molecule has 4 amide bonds. The van der Waals surface area contributed by atoms with E-state index in [2.05, 4.69) is 29.0 Å². The maximum absolute atomic E-state index is 13.4. The third kappa shape index (κ3) is 4.47. The van der Waals surface area contributed by atoms with Crippen LogP contribution in [-0.2, 0) is 11.2 Å². The molecule has 11 heteroatoms. The van der Waals surface area contributed by atoms with Crippen molar-refractivity contribution in [2.24, 2.45) is 0 Å². The Kier molecular flexibility index (Phi) is 6.75. The number of aryl methyl sites for hydroxylation is 1. The predicted molar refractivity (Wildman–Crippen MR) is 145 cm³/mol. The highest BCUT2D eigenvalue weighted by Gasteiger charge is 2.55. The number of carbonyl (C=O) groups excluding carboxylic acids is 3. The quantitative estimate of drug-likeness (QED) is 0.350. The summed E-state index contributed by atoms with van der Waals surface area (Å²) in [6.45, 7) is 7.79. The number of aromatic amines is 1. The van der Waals surface area contributed by atoms with Crippen molar-refractivity contribution in [2.45, 2.75) is 39.2 Å². The smallest absolute Gasteiger partial charge is 0.339 e. The highest BCUT2D eigenvalue weighted by atomic mass is 16.4. The van der Waals surface area contributed by atoms with Gasteiger partial charge in [-0.25, -0.2) is 9.59 Å². The Balaban J connectivity index is 1.32. The van der Waals surface area contributed by atoms with Gasteiger partial charge < -0.3 is 24.5 Å². The monoisotopic (exact) mass is 533 g/mol. The lowest BCUT2D eigenvalue weighted by Crippen LogP contribution is -2.50. The Morgan fingerprint density at radius 2 is 1.90 bits per heavy atom. The van der Waals surface area contributed by atoms with Gasteiger partial charge in [-0.2, -0.15) is 0 Å². The van der Waals surface area contributed by atoms with Crippen molar-refractivity contribution < 1.29 is 18.8 Å². The first-order chi connectivity index (χ1) is 18.7. The van der Waals surface area contributed by atoms with Crippen molar-refractivity contribution in [1.29, 1.82) is 0 Å². The van der Waals surface area contributed by atoms with Crippen LogP contribution < -0.4 is 21.4 Å². The van der Waals surface area contributed by atoms with Gasteiger partial charge in [0.05, 0.1) is 6.54 Å². The van der Waals surface area contributed by atoms with E-state index < -0.39 is 34.6 Å². The van der Waals surface area contributed by atoms with E-state index in [0.717, 1.165) is 34.6 Å². The number of pyridine rings is 1. The topological polar surface area (TPSA) is 136 Å². The van der Waals surface area contributed by atoms with Gasteiger partial charge in [0.25, 0.3) is 17.4 Å². The van der Waals surface area contributed by atoms with Crippen molar-refractivity contribution in [3.05, 3.63) is 74.0 Å². The van der Waals surface area contributed by atoms with E-state index in [-0.39, 0.29) is 38.0 Å². The molecule has 2 aliphatic heterocycles. The maximum Gasteiger partial charge on any atom is 0.339 e. The van der Waals surface area contributed by atoms with Gasteiger partial charge in [-0.15, -0.1) is 0 Å². The molecule has 5 rings (SSSR count). The summed E-state index contributed by atoms with van der Waals surface area (Å²) in [4.78, 5) is 71.2. The lowest BCUT2D eigenvalue weighted by molar-refractivity contribution is -0.130. The number of hydrogen-bond donors (Lipinski definition) is 2. The summed E-state index contributed by atoms with van der Waals surface area (Å²) in [5.41, 5.74) is 0.334. The summed E-state index contributed by atoms with van der Waals surface area (Å²) in [5.74, 6) is -0.945. The molecule has 4 heterocycles. The highest BCUT2D eigenvalue weighted by molar-refractivity contribution is 6.08. The first kappa shape index (κ1) is 26.2. The van der Waals surface area contributed by atoms with E-state index in [1.165, 1.54) is 17.2 Å². The van der Waals surface area contributed by atoms with Gasteiger partial charge in [0, 0.05) is 55.1 Å². The fourth-order valence-corrected chi connectivity index (χ4v) is 5.58. The zero-order chi connectivity index (χ0) is 27.9. The number of rotatable bonds is 7. The third-order valence-electron chi connectivity index (χ3n) is 7.84. The molecule has 1 unspecified atom stereocenters. The summed E-state index contributed by atoms with van der Waals surface area (Å²) in [7, 11) is 0. The number of carbonyl (C=O) groups is 3. The second-order valence-corrected chi connectivity index (χ2v) is 9.95. The molecular weight excluding hydrogens is 502 g/mol. The fraction of sp³-hybridized carbons (Fsp3) is 0.393. The first-order valence-electron chi connectivity index (χ1n) is 13.1. The SMILES string of the molecule is CCN(CC)c1ccc2c(C)c(CCN3C(=O)NC4(CCN(C(=O)c5ccc[nH]c5=O)C4)C3=O)c(=O)oc2c1. The van der Waals surface area contributed by atoms with Crippen LogP contribution in [0, 0.1) is 6.92 Å². The number of nitrogens with zero attached hydrogens (tertiary/aromatic N) is 3. The molecule has 1 atom stereocenters. The number of hydrogen-bond acceptors (Lipinski definition) is 7. The molecule has 2 aliphatic rings. The first-order valence-corrected chi connectivity index (χ1v) is 13.1. The van der Waals surface area contributed by atoms with Gasteiger partial charge in [-0.05, 0) is 63.4 Å². The number of urea groups is 1. The number of aromatic nitrogens is 1. The molecule has 2 saturated heterocycles. The largest absolute Gasteiger partial charge is 0.422 e. The van der Waals surface area contributed by atoms with Gasteiger partial charge in [0.2, 0.25) is 0 Å². The van der Waals surface area contributed by atoms with Crippen LogP contribution in [-0.4, -0.2) is 70.9 Å². The number of likely N-dealkylation sites (tertiary alicyclic amines) is 1. The molecular formula is C28H31N5O6. The zero-order valence-corrected chi connectivity index (χ0v) is 22.2. The summed E-state index contributed by atoms with van der Waals surface area (Å²) in [5, 5.41) is 3.56. The minimum atomic E-state index is -1.25. The Labute approximate surface area is 224 Å². The average Bonchev–Trinajstić information content (AvgIpc) is 3.45. The normalized spacial score (nSPS) is 18.8. The molecule has 0 radical (unpaired) electrons. The van der Waals surface area contributed by atoms with Gasteiger partial charge in [-0.1, -0.05) is 0 Å². The van der Waals surface area contributed by atoms with E-state index in [9.17, 15) is 24.0 Å². The Bertz CT molecular complexity index is 1590. The van der Waals surface area contributed by atoms with Gasteiger partial charge in [0.1, 0.15) is 16.7 Å². The van der Waals surface area contributed by atoms with E-state index >= 15 is 0 Å². The van der Waals surface area contributed by atoms with E-state index in [4.69, 9.17) is 4.42 Å². The van der Waals surface area contributed by atoms with Gasteiger partial charge in [-0.3, -0.25) is 19.3 Å². The highest BCUT2D eigenvalue weighted by Crippen LogP contribution is 2.30. The second kappa shape index (κ2) is 10.0. The minimum absolute atomic E-state index is 0.00659. The molecule has 2 fully saturated rings. The van der Waals surface area contributed by atoms with Crippen molar-refractivity contribution >= 4 is 34.5 Å². The van der Waals surface area contributed by atoms with Crippen LogP contribution in [0.2, 0.25) is 0 Å². The van der Waals surface area contributed by atoms with E-state index in [1.54, 1.807) is 6.07 Å². The summed E-state index contributed by atoms with van der Waals surface area (Å²) >= 11 is 0. The van der Waals surface area contributed by atoms with E-state index in [0.29, 0.717) is 11.1 Å². The number of benzene rings is 1. The molecule has 1 aromatic carbocycles. The van der Waals surface area contributed by atoms with Crippen molar-refractivity contribution in [3.8, 4) is 0 Å². The number of amides is 4. The number of H-pyrrole nitrogens is 1. The van der Waals surface area contributed by atoms with E-state index in [1.807, 2.05) is 25.1 Å². The lowest BCUT2D eigenvalue weighted by atomic mass is 9.98. The molecule has 0 bridgehead atoms. The van der Waals surface area contributed by atoms with Crippen LogP contribution in [0.3, 0.4) is 0 Å². The van der Waals surface area contributed by atoms with Crippen LogP contribution in [0.5, 0.6) is 0 Å². The number of anilines is 1. The lowest BCUT2D eigenvalue weighted by Gasteiger charge is -2.22. The minimum Gasteiger partial charge on any atom is -0.422 e. The number of fused-ring (bicyclic) bond motifs is 1. The zero-order valence-electron chi connectivity index (χ0n) is 22.2. The third-order valence-corrected chi connectivity index (χ3v) is 7.84. The molecule has 0 saturated carbocycles. The Morgan fingerprint density at radius 1 is 1.13 bits per heavy atom. The second-order valence-electron chi connectivity index (χ2n) is 9.95. The predicted octanol–water partition coefficient (Wildman–Crippen LogP) is 2.02.